The molecule has 55 heavy (non-hydrogen) atoms. The van der Waals surface area contributed by atoms with Gasteiger partial charge < -0.3 is 58.5 Å². The smallest absolute Gasteiger partial charge is 0.480 e. The summed E-state index contributed by atoms with van der Waals surface area (Å²) in [6.45, 7) is 5.34. The summed E-state index contributed by atoms with van der Waals surface area (Å²) in [5.74, 6) is -9.66. The molecule has 0 aliphatic heterocycles. The van der Waals surface area contributed by atoms with Gasteiger partial charge in [0.1, 0.15) is 36.0 Å². The molecule has 7 amide bonds. The summed E-state index contributed by atoms with van der Waals surface area (Å²) in [6, 6.07) is -3.65. The molecule has 1 rings (SSSR count). The van der Waals surface area contributed by atoms with E-state index in [1.165, 1.54) is 38.1 Å². The molecule has 22 nitrogen and oxygen atoms in total. The first-order valence-corrected chi connectivity index (χ1v) is 18.5. The van der Waals surface area contributed by atoms with Gasteiger partial charge in [-0.2, -0.15) is 0 Å². The molecule has 1 aromatic carbocycles. The summed E-state index contributed by atoms with van der Waals surface area (Å²) in [5, 5.41) is 30.6. The number of benzene rings is 1. The lowest BCUT2D eigenvalue weighted by Gasteiger charge is -2.28. The van der Waals surface area contributed by atoms with Crippen molar-refractivity contribution < 1.29 is 67.4 Å². The summed E-state index contributed by atoms with van der Waals surface area (Å²) in [4.78, 5) is 119. The monoisotopic (exact) mass is 802 g/mol. The molecule has 0 radical (unpaired) electrons. The molecular formula is C32H51N8O14P. The Hall–Kier alpha value is -5.15. The Morgan fingerprint density at radius 1 is 0.745 bits per heavy atom. The number of hydrogen-bond donors (Lipinski definition) is 12. The Balaban J connectivity index is 3.19. The highest BCUT2D eigenvalue weighted by molar-refractivity contribution is 7.46. The quantitative estimate of drug-likeness (QED) is 0.0449. The predicted molar refractivity (Wildman–Crippen MR) is 192 cm³/mol. The van der Waals surface area contributed by atoms with Crippen molar-refractivity contribution >= 4 is 55.1 Å². The van der Waals surface area contributed by atoms with E-state index in [0.29, 0.717) is 12.0 Å². The van der Waals surface area contributed by atoms with Crippen LogP contribution in [0.25, 0.3) is 0 Å². The number of hydrogen-bond acceptors (Lipinski definition) is 12. The Morgan fingerprint density at radius 2 is 1.25 bits per heavy atom. The molecule has 0 heterocycles. The number of rotatable bonds is 24. The van der Waals surface area contributed by atoms with Gasteiger partial charge in [-0.25, -0.2) is 9.36 Å². The average Bonchev–Trinajstić information content (AvgIpc) is 3.08. The number of carboxylic acids is 1. The van der Waals surface area contributed by atoms with Crippen molar-refractivity contribution in [3.8, 4) is 5.75 Å². The maximum atomic E-state index is 13.6. The van der Waals surface area contributed by atoms with Crippen LogP contribution in [0.3, 0.4) is 0 Å². The first kappa shape index (κ1) is 47.9. The molecule has 23 heteroatoms. The van der Waals surface area contributed by atoms with Gasteiger partial charge in [0.25, 0.3) is 0 Å². The van der Waals surface area contributed by atoms with E-state index in [0.717, 1.165) is 0 Å². The molecule has 0 bridgehead atoms. The fraction of sp³-hybridized carbons (Fsp3) is 0.562. The number of phosphoric ester groups is 1. The van der Waals surface area contributed by atoms with Gasteiger partial charge in [0, 0.05) is 6.42 Å². The fourth-order valence-electron chi connectivity index (χ4n) is 4.87. The summed E-state index contributed by atoms with van der Waals surface area (Å²) in [6.07, 6.45) is -1.45. The number of carbonyl (C=O) groups excluding carboxylic acids is 7. The van der Waals surface area contributed by atoms with Gasteiger partial charge in [0.05, 0.1) is 19.1 Å². The lowest BCUT2D eigenvalue weighted by molar-refractivity contribution is -0.143. The number of aliphatic hydroxyl groups excluding tert-OH is 1. The van der Waals surface area contributed by atoms with Crippen LogP contribution in [0.4, 0.5) is 0 Å². The molecule has 0 aromatic heterocycles. The molecule has 1 aromatic rings. The van der Waals surface area contributed by atoms with Gasteiger partial charge in [-0.15, -0.1) is 0 Å². The van der Waals surface area contributed by atoms with Crippen LogP contribution in [-0.4, -0.2) is 110 Å². The second kappa shape index (κ2) is 22.3. The number of amides is 7. The first-order valence-electron chi connectivity index (χ1n) is 17.0. The number of primary amides is 2. The third kappa shape index (κ3) is 17.2. The van der Waals surface area contributed by atoms with Gasteiger partial charge >= 0.3 is 13.8 Å². The Morgan fingerprint density at radius 3 is 1.73 bits per heavy atom. The van der Waals surface area contributed by atoms with Crippen LogP contribution < -0.4 is 48.3 Å². The third-order valence-electron chi connectivity index (χ3n) is 8.13. The van der Waals surface area contributed by atoms with Crippen LogP contribution in [0.1, 0.15) is 58.9 Å². The lowest BCUT2D eigenvalue weighted by Crippen LogP contribution is -2.61. The zero-order valence-electron chi connectivity index (χ0n) is 30.7. The molecular weight excluding hydrogens is 751 g/mol. The second-order valence-electron chi connectivity index (χ2n) is 13.0. The van der Waals surface area contributed by atoms with Crippen LogP contribution in [0.5, 0.6) is 5.75 Å². The molecule has 0 saturated carbocycles. The zero-order chi connectivity index (χ0) is 42.2. The topological polar surface area (TPSA) is 382 Å². The highest BCUT2D eigenvalue weighted by atomic mass is 31.2. The predicted octanol–water partition coefficient (Wildman–Crippen LogP) is -3.63. The van der Waals surface area contributed by atoms with Gasteiger partial charge in [-0.1, -0.05) is 46.2 Å². The number of nitrogens with two attached hydrogens (primary N) is 3. The highest BCUT2D eigenvalue weighted by Gasteiger charge is 2.35. The highest BCUT2D eigenvalue weighted by Crippen LogP contribution is 2.37. The van der Waals surface area contributed by atoms with Crippen molar-refractivity contribution in [1.82, 2.24) is 26.6 Å². The molecule has 7 atom stereocenters. The fourth-order valence-corrected chi connectivity index (χ4v) is 5.26. The Kier molecular flexibility index (Phi) is 19.4. The van der Waals surface area contributed by atoms with E-state index in [1.54, 1.807) is 13.8 Å². The second-order valence-corrected chi connectivity index (χ2v) is 14.2. The first-order chi connectivity index (χ1) is 25.5. The van der Waals surface area contributed by atoms with E-state index in [2.05, 4.69) is 31.1 Å². The maximum absolute atomic E-state index is 13.6. The average molecular weight is 803 g/mol. The van der Waals surface area contributed by atoms with Gasteiger partial charge in [0.15, 0.2) is 0 Å². The summed E-state index contributed by atoms with van der Waals surface area (Å²) in [5.41, 5.74) is 17.1. The minimum Gasteiger partial charge on any atom is -0.480 e. The van der Waals surface area contributed by atoms with Crippen molar-refractivity contribution in [2.45, 2.75) is 96.1 Å². The van der Waals surface area contributed by atoms with Crippen molar-refractivity contribution in [3.63, 3.8) is 0 Å². The Bertz CT molecular complexity index is 1590. The lowest BCUT2D eigenvalue weighted by atomic mass is 9.96. The van der Waals surface area contributed by atoms with Crippen molar-refractivity contribution in [1.29, 1.82) is 0 Å². The number of carbonyl (C=O) groups is 8. The minimum absolute atomic E-state index is 0.0744. The maximum Gasteiger partial charge on any atom is 0.524 e. The Labute approximate surface area is 316 Å². The van der Waals surface area contributed by atoms with Crippen molar-refractivity contribution in [2.24, 2.45) is 29.0 Å². The number of nitrogens with one attached hydrogen (secondary N) is 5. The third-order valence-corrected chi connectivity index (χ3v) is 8.58. The van der Waals surface area contributed by atoms with Gasteiger partial charge in [0.2, 0.25) is 41.4 Å². The molecule has 0 unspecified atom stereocenters. The largest absolute Gasteiger partial charge is 0.524 e. The van der Waals surface area contributed by atoms with E-state index in [4.69, 9.17) is 27.0 Å². The molecule has 308 valence electrons. The number of aliphatic hydroxyl groups is 1. The van der Waals surface area contributed by atoms with E-state index in [9.17, 15) is 53.1 Å². The number of aliphatic carboxylic acids is 1. The number of phosphoric acid groups is 1. The standard InChI is InChI=1S/C32H51N8O14P/c1-5-16(4)26(40-27(44)19(33)12-17-6-8-18(9-7-17)54-55(51,52)53)31(48)37-21(13-24(35)43)29(46)36-20(10-11-23(34)42)28(45)38-22(14-41)30(47)39-25(15(2)3)32(49)50/h6-9,15-16,19-22,25-26,41H,5,10-14,33H2,1-4H3,(H2,34,42)(H2,35,43)(H,36,46)(H,37,48)(H,38,45)(H,39,47)(H,40,44)(H,49,50)(H2,51,52,53)/t16-,19-,20-,21-,22-,25-,26-/m0/s1. The van der Waals surface area contributed by atoms with E-state index in [-0.39, 0.29) is 12.2 Å². The summed E-state index contributed by atoms with van der Waals surface area (Å²) in [7, 11) is -4.80. The molecule has 0 spiro atoms. The van der Waals surface area contributed by atoms with Crippen LogP contribution >= 0.6 is 7.82 Å². The van der Waals surface area contributed by atoms with E-state index < -0.39 is 129 Å². The van der Waals surface area contributed by atoms with E-state index in [1.807, 2.05) is 0 Å². The van der Waals surface area contributed by atoms with Crippen molar-refractivity contribution in [2.75, 3.05) is 6.61 Å². The minimum atomic E-state index is -4.80. The summed E-state index contributed by atoms with van der Waals surface area (Å²) < 4.78 is 15.5. The van der Waals surface area contributed by atoms with Crippen LogP contribution in [-0.2, 0) is 49.3 Å². The van der Waals surface area contributed by atoms with Crippen LogP contribution in [0.15, 0.2) is 24.3 Å². The van der Waals surface area contributed by atoms with Crippen LogP contribution in [0.2, 0.25) is 0 Å². The SMILES string of the molecule is CC[C@H](C)[C@H](NC(=O)[C@@H](N)Cc1ccc(OP(=O)(O)O)cc1)C(=O)N[C@@H](CC(N)=O)C(=O)N[C@@H](CCC(N)=O)C(=O)N[C@@H](CO)C(=O)N[C@H](C(=O)O)C(C)C. The van der Waals surface area contributed by atoms with Gasteiger partial charge in [-0.05, 0) is 42.4 Å². The summed E-state index contributed by atoms with van der Waals surface area (Å²) >= 11 is 0. The number of carboxylic acid groups (broad SMARTS) is 1. The molecule has 0 aliphatic carbocycles. The van der Waals surface area contributed by atoms with Crippen LogP contribution in [0, 0.1) is 11.8 Å². The van der Waals surface area contributed by atoms with Crippen molar-refractivity contribution in [3.05, 3.63) is 29.8 Å². The molecule has 0 saturated heterocycles. The van der Waals surface area contributed by atoms with Gasteiger partial charge in [-0.3, -0.25) is 43.3 Å². The molecule has 15 N–H and O–H groups in total. The molecule has 0 aliphatic rings. The zero-order valence-corrected chi connectivity index (χ0v) is 31.6. The molecule has 0 fully saturated rings. The van der Waals surface area contributed by atoms with E-state index >= 15 is 0 Å². The normalized spacial score (nSPS) is 15.1.